The van der Waals surface area contributed by atoms with Gasteiger partial charge in [-0.15, -0.1) is 0 Å². The SMILES string of the molecule is CC(C)NC(=O)C(C)NCc1ccno1. The fraction of sp³-hybridized carbons (Fsp3) is 0.600. The van der Waals surface area contributed by atoms with Crippen LogP contribution in [0.25, 0.3) is 0 Å². The van der Waals surface area contributed by atoms with Crippen LogP contribution in [0.4, 0.5) is 0 Å². The maximum absolute atomic E-state index is 11.5. The largest absolute Gasteiger partial charge is 0.360 e. The fourth-order valence-electron chi connectivity index (χ4n) is 1.09. The van der Waals surface area contributed by atoms with Gasteiger partial charge in [0, 0.05) is 12.1 Å². The van der Waals surface area contributed by atoms with E-state index in [1.165, 1.54) is 0 Å². The van der Waals surface area contributed by atoms with E-state index in [0.717, 1.165) is 5.76 Å². The Morgan fingerprint density at radius 3 is 2.80 bits per heavy atom. The predicted molar refractivity (Wildman–Crippen MR) is 56.1 cm³/mol. The zero-order valence-corrected chi connectivity index (χ0v) is 9.28. The van der Waals surface area contributed by atoms with Crippen molar-refractivity contribution in [2.75, 3.05) is 0 Å². The number of nitrogens with zero attached hydrogens (tertiary/aromatic N) is 1. The highest BCUT2D eigenvalue weighted by Crippen LogP contribution is 1.96. The number of carbonyl (C=O) groups is 1. The molecule has 0 saturated heterocycles. The van der Waals surface area contributed by atoms with Gasteiger partial charge in [0.15, 0.2) is 0 Å². The molecule has 0 radical (unpaired) electrons. The van der Waals surface area contributed by atoms with Crippen LogP contribution in [-0.4, -0.2) is 23.1 Å². The van der Waals surface area contributed by atoms with Crippen molar-refractivity contribution < 1.29 is 9.32 Å². The first-order valence-corrected chi connectivity index (χ1v) is 5.03. The Labute approximate surface area is 89.2 Å². The summed E-state index contributed by atoms with van der Waals surface area (Å²) in [6.07, 6.45) is 1.58. The van der Waals surface area contributed by atoms with Gasteiger partial charge in [-0.3, -0.25) is 10.1 Å². The van der Waals surface area contributed by atoms with Crippen LogP contribution in [0.1, 0.15) is 26.5 Å². The minimum Gasteiger partial charge on any atom is -0.360 e. The van der Waals surface area contributed by atoms with Gasteiger partial charge in [0.1, 0.15) is 5.76 Å². The van der Waals surface area contributed by atoms with E-state index in [1.54, 1.807) is 12.3 Å². The molecular weight excluding hydrogens is 194 g/mol. The van der Waals surface area contributed by atoms with Crippen molar-refractivity contribution in [2.24, 2.45) is 0 Å². The summed E-state index contributed by atoms with van der Waals surface area (Å²) in [5.41, 5.74) is 0. The van der Waals surface area contributed by atoms with E-state index in [0.29, 0.717) is 6.54 Å². The zero-order valence-electron chi connectivity index (χ0n) is 9.28. The first-order chi connectivity index (χ1) is 7.09. The topological polar surface area (TPSA) is 67.2 Å². The van der Waals surface area contributed by atoms with Crippen LogP contribution in [0.3, 0.4) is 0 Å². The maximum atomic E-state index is 11.5. The monoisotopic (exact) mass is 211 g/mol. The second-order valence-corrected chi connectivity index (χ2v) is 3.74. The summed E-state index contributed by atoms with van der Waals surface area (Å²) >= 11 is 0. The average molecular weight is 211 g/mol. The van der Waals surface area contributed by atoms with E-state index < -0.39 is 0 Å². The summed E-state index contributed by atoms with van der Waals surface area (Å²) < 4.78 is 4.90. The van der Waals surface area contributed by atoms with E-state index >= 15 is 0 Å². The Morgan fingerprint density at radius 2 is 2.27 bits per heavy atom. The van der Waals surface area contributed by atoms with Crippen molar-refractivity contribution in [1.82, 2.24) is 15.8 Å². The summed E-state index contributed by atoms with van der Waals surface area (Å²) in [7, 11) is 0. The number of rotatable bonds is 5. The molecule has 1 aromatic heterocycles. The van der Waals surface area contributed by atoms with Gasteiger partial charge in [-0.1, -0.05) is 5.16 Å². The zero-order chi connectivity index (χ0) is 11.3. The summed E-state index contributed by atoms with van der Waals surface area (Å²) in [5.74, 6) is 0.712. The molecule has 1 amide bonds. The Balaban J connectivity index is 2.29. The Kier molecular flexibility index (Phi) is 4.30. The third-order valence-electron chi connectivity index (χ3n) is 1.90. The van der Waals surface area contributed by atoms with E-state index in [9.17, 15) is 4.79 Å². The number of nitrogens with one attached hydrogen (secondary N) is 2. The van der Waals surface area contributed by atoms with Crippen LogP contribution < -0.4 is 10.6 Å². The van der Waals surface area contributed by atoms with Gasteiger partial charge in [0.05, 0.1) is 18.8 Å². The first kappa shape index (κ1) is 11.7. The molecule has 15 heavy (non-hydrogen) atoms. The summed E-state index contributed by atoms with van der Waals surface area (Å²) in [4.78, 5) is 11.5. The summed E-state index contributed by atoms with van der Waals surface area (Å²) in [5, 5.41) is 9.45. The van der Waals surface area contributed by atoms with Crippen molar-refractivity contribution in [3.8, 4) is 0 Å². The van der Waals surface area contributed by atoms with E-state index in [1.807, 2.05) is 20.8 Å². The molecule has 0 saturated carbocycles. The Morgan fingerprint density at radius 1 is 1.53 bits per heavy atom. The minimum atomic E-state index is -0.238. The quantitative estimate of drug-likeness (QED) is 0.751. The van der Waals surface area contributed by atoms with Crippen molar-refractivity contribution >= 4 is 5.91 Å². The molecule has 5 heteroatoms. The van der Waals surface area contributed by atoms with Crippen LogP contribution in [-0.2, 0) is 11.3 Å². The molecule has 1 rings (SSSR count). The minimum absolute atomic E-state index is 0.00971. The predicted octanol–water partition coefficient (Wildman–Crippen LogP) is 0.677. The molecular formula is C10H17N3O2. The van der Waals surface area contributed by atoms with Crippen molar-refractivity contribution in [1.29, 1.82) is 0 Å². The van der Waals surface area contributed by atoms with Crippen LogP contribution in [0, 0.1) is 0 Å². The normalized spacial score (nSPS) is 12.8. The summed E-state index contributed by atoms with van der Waals surface area (Å²) in [6.45, 7) is 6.18. The molecule has 1 heterocycles. The number of hydrogen-bond donors (Lipinski definition) is 2. The van der Waals surface area contributed by atoms with Crippen LogP contribution in [0.2, 0.25) is 0 Å². The maximum Gasteiger partial charge on any atom is 0.237 e. The molecule has 0 aliphatic rings. The van der Waals surface area contributed by atoms with E-state index in [-0.39, 0.29) is 18.0 Å². The highest BCUT2D eigenvalue weighted by atomic mass is 16.5. The van der Waals surface area contributed by atoms with Crippen molar-refractivity contribution in [3.63, 3.8) is 0 Å². The number of hydrogen-bond acceptors (Lipinski definition) is 4. The molecule has 0 bridgehead atoms. The average Bonchev–Trinajstić information content (AvgIpc) is 2.65. The molecule has 0 fully saturated rings. The third-order valence-corrected chi connectivity index (χ3v) is 1.90. The lowest BCUT2D eigenvalue weighted by atomic mass is 10.2. The molecule has 1 aromatic rings. The molecule has 0 aromatic carbocycles. The van der Waals surface area contributed by atoms with Gasteiger partial charge in [0.2, 0.25) is 5.91 Å². The molecule has 1 unspecified atom stereocenters. The fourth-order valence-corrected chi connectivity index (χ4v) is 1.09. The molecule has 84 valence electrons. The number of carbonyl (C=O) groups excluding carboxylic acids is 1. The molecule has 1 atom stereocenters. The molecule has 0 aliphatic carbocycles. The van der Waals surface area contributed by atoms with Crippen LogP contribution >= 0.6 is 0 Å². The lowest BCUT2D eigenvalue weighted by Gasteiger charge is -2.14. The van der Waals surface area contributed by atoms with Crippen molar-refractivity contribution in [2.45, 2.75) is 39.4 Å². The number of aromatic nitrogens is 1. The molecule has 0 spiro atoms. The van der Waals surface area contributed by atoms with Crippen LogP contribution in [0.15, 0.2) is 16.8 Å². The van der Waals surface area contributed by atoms with Gasteiger partial charge in [0.25, 0.3) is 0 Å². The highest BCUT2D eigenvalue weighted by Gasteiger charge is 2.13. The van der Waals surface area contributed by atoms with E-state index in [4.69, 9.17) is 4.52 Å². The molecule has 2 N–H and O–H groups in total. The third kappa shape index (κ3) is 4.12. The highest BCUT2D eigenvalue weighted by molar-refractivity contribution is 5.81. The van der Waals surface area contributed by atoms with Crippen LogP contribution in [0.5, 0.6) is 0 Å². The molecule has 5 nitrogen and oxygen atoms in total. The standard InChI is InChI=1S/C10H17N3O2/c1-7(2)13-10(14)8(3)11-6-9-4-5-12-15-9/h4-5,7-8,11H,6H2,1-3H3,(H,13,14). The second kappa shape index (κ2) is 5.50. The summed E-state index contributed by atoms with van der Waals surface area (Å²) in [6, 6.07) is 1.68. The lowest BCUT2D eigenvalue weighted by Crippen LogP contribution is -2.44. The van der Waals surface area contributed by atoms with Gasteiger partial charge >= 0.3 is 0 Å². The van der Waals surface area contributed by atoms with Gasteiger partial charge < -0.3 is 9.84 Å². The van der Waals surface area contributed by atoms with E-state index in [2.05, 4.69) is 15.8 Å². The Bertz CT molecular complexity index is 296. The second-order valence-electron chi connectivity index (χ2n) is 3.74. The van der Waals surface area contributed by atoms with Gasteiger partial charge in [-0.25, -0.2) is 0 Å². The lowest BCUT2D eigenvalue weighted by molar-refractivity contribution is -0.123. The van der Waals surface area contributed by atoms with Gasteiger partial charge in [-0.2, -0.15) is 0 Å². The number of amides is 1. The first-order valence-electron chi connectivity index (χ1n) is 5.03. The smallest absolute Gasteiger partial charge is 0.237 e. The molecule has 0 aliphatic heterocycles. The Hall–Kier alpha value is -1.36. The van der Waals surface area contributed by atoms with Gasteiger partial charge in [-0.05, 0) is 20.8 Å². The van der Waals surface area contributed by atoms with Crippen molar-refractivity contribution in [3.05, 3.63) is 18.0 Å².